The van der Waals surface area contributed by atoms with E-state index in [1.807, 2.05) is 0 Å². The lowest BCUT2D eigenvalue weighted by Crippen LogP contribution is -2.13. The van der Waals surface area contributed by atoms with E-state index in [-0.39, 0.29) is 5.82 Å². The van der Waals surface area contributed by atoms with Crippen molar-refractivity contribution in [1.29, 1.82) is 0 Å². The highest BCUT2D eigenvalue weighted by Crippen LogP contribution is 2.42. The van der Waals surface area contributed by atoms with Crippen molar-refractivity contribution in [2.75, 3.05) is 0 Å². The Morgan fingerprint density at radius 3 is 2.81 bits per heavy atom. The number of fused-ring (bicyclic) bond motifs is 1. The van der Waals surface area contributed by atoms with Gasteiger partial charge in [0.05, 0.1) is 0 Å². The van der Waals surface area contributed by atoms with Gasteiger partial charge in [0.2, 0.25) is 5.91 Å². The van der Waals surface area contributed by atoms with Crippen LogP contribution in [0.4, 0.5) is 4.39 Å². The molecule has 1 amide bonds. The summed E-state index contributed by atoms with van der Waals surface area (Å²) in [4.78, 5) is 11.2. The number of allylic oxidation sites excluding steroid dienone is 1. The van der Waals surface area contributed by atoms with Crippen LogP contribution >= 0.6 is 0 Å². The van der Waals surface area contributed by atoms with Crippen molar-refractivity contribution in [3.63, 3.8) is 0 Å². The summed E-state index contributed by atoms with van der Waals surface area (Å²) in [6.07, 6.45) is 0.758. The fraction of sp³-hybridized carbons (Fsp3) is 0.308. The van der Waals surface area contributed by atoms with Gasteiger partial charge in [0.15, 0.2) is 0 Å². The van der Waals surface area contributed by atoms with Crippen LogP contribution in [0.25, 0.3) is 5.57 Å². The lowest BCUT2D eigenvalue weighted by molar-refractivity contribution is -0.114. The van der Waals surface area contributed by atoms with Gasteiger partial charge in [0.1, 0.15) is 5.82 Å². The Bertz CT molecular complexity index is 491. The molecule has 2 rings (SSSR count). The first kappa shape index (κ1) is 10.9. The molecule has 0 fully saturated rings. The summed E-state index contributed by atoms with van der Waals surface area (Å²) in [5.41, 5.74) is 8.62. The normalized spacial score (nSPS) is 21.8. The Kier molecular flexibility index (Phi) is 2.54. The predicted molar refractivity (Wildman–Crippen MR) is 61.2 cm³/mol. The summed E-state index contributed by atoms with van der Waals surface area (Å²) in [6, 6.07) is 4.73. The van der Waals surface area contributed by atoms with Gasteiger partial charge in [-0.2, -0.15) is 0 Å². The van der Waals surface area contributed by atoms with Crippen molar-refractivity contribution in [2.45, 2.75) is 26.2 Å². The third-order valence-corrected chi connectivity index (χ3v) is 3.20. The van der Waals surface area contributed by atoms with Gasteiger partial charge in [0, 0.05) is 5.57 Å². The largest absolute Gasteiger partial charge is 0.366 e. The van der Waals surface area contributed by atoms with E-state index in [9.17, 15) is 9.18 Å². The summed E-state index contributed by atoms with van der Waals surface area (Å²) in [5, 5.41) is 0. The maximum Gasteiger partial charge on any atom is 0.244 e. The first-order valence-corrected chi connectivity index (χ1v) is 5.30. The first-order chi connectivity index (χ1) is 7.50. The van der Waals surface area contributed by atoms with Crippen molar-refractivity contribution >= 4 is 11.5 Å². The molecule has 0 aliphatic heterocycles. The van der Waals surface area contributed by atoms with E-state index in [0.29, 0.717) is 11.5 Å². The fourth-order valence-corrected chi connectivity index (χ4v) is 2.25. The minimum absolute atomic E-state index is 0.275. The zero-order chi connectivity index (χ0) is 11.9. The van der Waals surface area contributed by atoms with Crippen LogP contribution in [-0.4, -0.2) is 5.91 Å². The van der Waals surface area contributed by atoms with Gasteiger partial charge in [-0.25, -0.2) is 4.39 Å². The fourth-order valence-electron chi connectivity index (χ4n) is 2.25. The zero-order valence-corrected chi connectivity index (χ0v) is 9.38. The molecule has 0 bridgehead atoms. The minimum atomic E-state index is -0.431. The van der Waals surface area contributed by atoms with Crippen molar-refractivity contribution in [1.82, 2.24) is 0 Å². The van der Waals surface area contributed by atoms with Gasteiger partial charge in [-0.05, 0) is 48.1 Å². The number of halogens is 1. The Morgan fingerprint density at radius 2 is 2.19 bits per heavy atom. The molecule has 0 saturated carbocycles. The molecule has 0 saturated heterocycles. The van der Waals surface area contributed by atoms with Crippen molar-refractivity contribution < 1.29 is 9.18 Å². The number of rotatable bonds is 1. The van der Waals surface area contributed by atoms with Crippen molar-refractivity contribution in [2.24, 2.45) is 5.73 Å². The van der Waals surface area contributed by atoms with Crippen LogP contribution in [0.1, 0.15) is 37.3 Å². The van der Waals surface area contributed by atoms with Crippen LogP contribution in [0.15, 0.2) is 23.8 Å². The summed E-state index contributed by atoms with van der Waals surface area (Å²) >= 11 is 0. The van der Waals surface area contributed by atoms with Crippen LogP contribution in [0.5, 0.6) is 0 Å². The molecule has 2 nitrogen and oxygen atoms in total. The molecule has 2 N–H and O–H groups in total. The highest BCUT2D eigenvalue weighted by atomic mass is 19.1. The Hall–Kier alpha value is -1.64. The topological polar surface area (TPSA) is 43.1 Å². The third kappa shape index (κ3) is 1.62. The van der Waals surface area contributed by atoms with Gasteiger partial charge in [-0.1, -0.05) is 13.0 Å². The molecular weight excluding hydrogens is 205 g/mol. The average molecular weight is 219 g/mol. The van der Waals surface area contributed by atoms with Crippen LogP contribution in [-0.2, 0) is 4.79 Å². The number of amides is 1. The highest BCUT2D eigenvalue weighted by Gasteiger charge is 2.26. The van der Waals surface area contributed by atoms with E-state index in [0.717, 1.165) is 23.1 Å². The maximum absolute atomic E-state index is 13.2. The molecule has 84 valence electrons. The minimum Gasteiger partial charge on any atom is -0.366 e. The molecular formula is C13H14FNO. The average Bonchev–Trinajstić information content (AvgIpc) is 2.54. The number of hydrogen-bond acceptors (Lipinski definition) is 1. The van der Waals surface area contributed by atoms with Crippen LogP contribution in [0.3, 0.4) is 0 Å². The molecule has 0 spiro atoms. The van der Waals surface area contributed by atoms with Gasteiger partial charge >= 0.3 is 0 Å². The second-order valence-corrected chi connectivity index (χ2v) is 4.30. The zero-order valence-electron chi connectivity index (χ0n) is 9.38. The number of hydrogen-bond donors (Lipinski definition) is 1. The van der Waals surface area contributed by atoms with Gasteiger partial charge < -0.3 is 5.73 Å². The van der Waals surface area contributed by atoms with E-state index in [1.54, 1.807) is 13.0 Å². The number of carbonyl (C=O) groups is 1. The second kappa shape index (κ2) is 3.74. The summed E-state index contributed by atoms with van der Waals surface area (Å²) < 4.78 is 13.2. The number of carbonyl (C=O) groups excluding carboxylic acids is 1. The summed E-state index contributed by atoms with van der Waals surface area (Å²) in [7, 11) is 0. The quantitative estimate of drug-likeness (QED) is 0.725. The molecule has 0 radical (unpaired) electrons. The predicted octanol–water partition coefficient (Wildman–Crippen LogP) is 2.59. The Morgan fingerprint density at radius 1 is 1.50 bits per heavy atom. The van der Waals surface area contributed by atoms with Crippen molar-refractivity contribution in [3.8, 4) is 0 Å². The van der Waals surface area contributed by atoms with E-state index in [1.165, 1.54) is 12.1 Å². The highest BCUT2D eigenvalue weighted by molar-refractivity contribution is 6.00. The van der Waals surface area contributed by atoms with Gasteiger partial charge in [-0.15, -0.1) is 0 Å². The molecule has 1 aromatic carbocycles. The van der Waals surface area contributed by atoms with E-state index in [2.05, 4.69) is 6.92 Å². The smallest absolute Gasteiger partial charge is 0.244 e. The molecule has 1 aromatic rings. The standard InChI is InChI=1S/C13H14FNO/c1-7-5-11(8(2)13(15)16)12-6-9(14)3-4-10(7)12/h3-4,6-7H,5H2,1-2H3,(H2,15,16). The molecule has 0 heterocycles. The molecule has 1 aliphatic carbocycles. The second-order valence-electron chi connectivity index (χ2n) is 4.30. The van der Waals surface area contributed by atoms with E-state index < -0.39 is 5.91 Å². The van der Waals surface area contributed by atoms with Gasteiger partial charge in [0.25, 0.3) is 0 Å². The summed E-state index contributed by atoms with van der Waals surface area (Å²) in [6.45, 7) is 3.77. The van der Waals surface area contributed by atoms with Crippen molar-refractivity contribution in [3.05, 3.63) is 40.7 Å². The van der Waals surface area contributed by atoms with E-state index >= 15 is 0 Å². The van der Waals surface area contributed by atoms with Gasteiger partial charge in [-0.3, -0.25) is 4.79 Å². The third-order valence-electron chi connectivity index (χ3n) is 3.20. The molecule has 1 atom stereocenters. The number of primary amides is 1. The summed E-state index contributed by atoms with van der Waals surface area (Å²) in [5.74, 6) is -0.387. The number of nitrogens with two attached hydrogens (primary N) is 1. The molecule has 1 aliphatic rings. The monoisotopic (exact) mass is 219 g/mol. The van der Waals surface area contributed by atoms with E-state index in [4.69, 9.17) is 5.73 Å². The number of benzene rings is 1. The molecule has 1 unspecified atom stereocenters. The first-order valence-electron chi connectivity index (χ1n) is 5.30. The molecule has 0 aromatic heterocycles. The lowest BCUT2D eigenvalue weighted by atomic mass is 10.0. The SMILES string of the molecule is CC(C(N)=O)=C1CC(C)c2ccc(F)cc21. The maximum atomic E-state index is 13.2. The van der Waals surface area contributed by atoms with Crippen LogP contribution < -0.4 is 5.73 Å². The lowest BCUT2D eigenvalue weighted by Gasteiger charge is -2.04. The molecule has 16 heavy (non-hydrogen) atoms. The van der Waals surface area contributed by atoms with Crippen LogP contribution in [0, 0.1) is 5.82 Å². The Labute approximate surface area is 94.0 Å². The Balaban J connectivity index is 2.62. The van der Waals surface area contributed by atoms with Crippen LogP contribution in [0.2, 0.25) is 0 Å². The molecule has 3 heteroatoms.